The average molecular weight is 454 g/mol. The predicted molar refractivity (Wildman–Crippen MR) is 114 cm³/mol. The summed E-state index contributed by atoms with van der Waals surface area (Å²) in [4.78, 5) is 7.05. The van der Waals surface area contributed by atoms with Crippen molar-refractivity contribution >= 4 is 29.9 Å². The number of likely N-dealkylation sites (tertiary alicyclic amines) is 1. The Morgan fingerprint density at radius 1 is 1.12 bits per heavy atom. The third-order valence-electron chi connectivity index (χ3n) is 4.70. The van der Waals surface area contributed by atoms with Crippen LogP contribution in [0.4, 0.5) is 0 Å². The maximum absolute atomic E-state index is 10.7. The van der Waals surface area contributed by atoms with Crippen molar-refractivity contribution in [1.29, 1.82) is 0 Å². The van der Waals surface area contributed by atoms with Gasteiger partial charge in [-0.25, -0.2) is 0 Å². The monoisotopic (exact) mass is 454 g/mol. The van der Waals surface area contributed by atoms with Crippen LogP contribution in [0.5, 0.6) is 0 Å². The Labute approximate surface area is 166 Å². The van der Waals surface area contributed by atoms with Crippen LogP contribution < -0.4 is 10.6 Å². The maximum Gasteiger partial charge on any atom is 0.191 e. The third kappa shape index (κ3) is 9.42. The molecule has 144 valence electrons. The molecule has 24 heavy (non-hydrogen) atoms. The highest BCUT2D eigenvalue weighted by Gasteiger charge is 2.24. The fourth-order valence-corrected chi connectivity index (χ4v) is 3.29. The van der Waals surface area contributed by atoms with Gasteiger partial charge in [-0.3, -0.25) is 4.99 Å². The van der Waals surface area contributed by atoms with Crippen molar-refractivity contribution < 1.29 is 5.11 Å². The van der Waals surface area contributed by atoms with Crippen LogP contribution in [0.3, 0.4) is 0 Å². The second-order valence-corrected chi connectivity index (χ2v) is 7.05. The lowest BCUT2D eigenvalue weighted by Gasteiger charge is -2.29. The molecule has 3 N–H and O–H groups in total. The second kappa shape index (κ2) is 13.2. The van der Waals surface area contributed by atoms with Gasteiger partial charge in [0.05, 0.1) is 12.1 Å². The number of guanidine groups is 1. The molecule has 0 aromatic rings. The zero-order chi connectivity index (χ0) is 17.1. The summed E-state index contributed by atoms with van der Waals surface area (Å²) in [6.07, 6.45) is 6.12. The molecule has 0 unspecified atom stereocenters. The normalized spacial score (nSPS) is 17.5. The number of nitrogens with zero attached hydrogens (tertiary/aromatic N) is 2. The Hall–Kier alpha value is -0.0800. The topological polar surface area (TPSA) is 59.9 Å². The van der Waals surface area contributed by atoms with Crippen molar-refractivity contribution in [1.82, 2.24) is 15.5 Å². The minimum Gasteiger partial charge on any atom is -0.388 e. The van der Waals surface area contributed by atoms with Gasteiger partial charge in [0, 0.05) is 13.1 Å². The lowest BCUT2D eigenvalue weighted by molar-refractivity contribution is 0.0306. The number of piperidine rings is 1. The Morgan fingerprint density at radius 2 is 1.71 bits per heavy atom. The fourth-order valence-electron chi connectivity index (χ4n) is 3.29. The quantitative estimate of drug-likeness (QED) is 0.285. The molecule has 0 aromatic heterocycles. The van der Waals surface area contributed by atoms with Gasteiger partial charge in [0.25, 0.3) is 0 Å². The largest absolute Gasteiger partial charge is 0.388 e. The molecule has 1 rings (SSSR count). The van der Waals surface area contributed by atoms with E-state index in [1.165, 1.54) is 25.9 Å². The molecule has 1 heterocycles. The number of hydrogen-bond donors (Lipinski definition) is 3. The number of aliphatic hydroxyl groups is 1. The van der Waals surface area contributed by atoms with E-state index in [1.54, 1.807) is 0 Å². The molecule has 1 fully saturated rings. The van der Waals surface area contributed by atoms with E-state index in [0.29, 0.717) is 6.54 Å². The van der Waals surface area contributed by atoms with Crippen molar-refractivity contribution in [3.8, 4) is 0 Å². The molecule has 0 amide bonds. The second-order valence-electron chi connectivity index (χ2n) is 7.05. The van der Waals surface area contributed by atoms with Crippen molar-refractivity contribution in [3.63, 3.8) is 0 Å². The van der Waals surface area contributed by atoms with Gasteiger partial charge in [-0.15, -0.1) is 24.0 Å². The average Bonchev–Trinajstić information content (AvgIpc) is 2.52. The molecule has 6 heteroatoms. The van der Waals surface area contributed by atoms with Crippen molar-refractivity contribution in [2.24, 2.45) is 10.9 Å². The summed E-state index contributed by atoms with van der Waals surface area (Å²) in [6, 6.07) is 0. The number of rotatable bonds is 9. The molecule has 0 saturated carbocycles. The standard InChI is InChI=1S/C18H38N4O.HI/c1-5-10-18(23,11-6-2)15-21-17(19-7-3)20-14-16-8-12-22(4)13-9-16;/h16,23H,5-15H2,1-4H3,(H2,19,20,21);1H. The SMILES string of the molecule is CCCC(O)(CCC)CN=C(NCC)NCC1CCN(C)CC1.I. The zero-order valence-corrected chi connectivity index (χ0v) is 18.4. The lowest BCUT2D eigenvalue weighted by atomic mass is 9.93. The van der Waals surface area contributed by atoms with Gasteiger partial charge in [0.1, 0.15) is 0 Å². The first kappa shape index (κ1) is 23.9. The summed E-state index contributed by atoms with van der Waals surface area (Å²) < 4.78 is 0. The highest BCUT2D eigenvalue weighted by atomic mass is 127. The highest BCUT2D eigenvalue weighted by Crippen LogP contribution is 2.20. The van der Waals surface area contributed by atoms with Crippen molar-refractivity contribution in [2.45, 2.75) is 64.9 Å². The summed E-state index contributed by atoms with van der Waals surface area (Å²) in [7, 11) is 2.19. The van der Waals surface area contributed by atoms with E-state index in [0.717, 1.165) is 50.7 Å². The predicted octanol–water partition coefficient (Wildman–Crippen LogP) is 2.83. The summed E-state index contributed by atoms with van der Waals surface area (Å²) in [5.74, 6) is 1.57. The van der Waals surface area contributed by atoms with Crippen LogP contribution in [0, 0.1) is 5.92 Å². The molecule has 0 atom stereocenters. The van der Waals surface area contributed by atoms with Crippen LogP contribution >= 0.6 is 24.0 Å². The molecule has 0 radical (unpaired) electrons. The molecule has 1 aliphatic heterocycles. The molecule has 0 spiro atoms. The first-order valence-electron chi connectivity index (χ1n) is 9.46. The molecule has 1 saturated heterocycles. The van der Waals surface area contributed by atoms with E-state index < -0.39 is 5.60 Å². The summed E-state index contributed by atoms with van der Waals surface area (Å²) in [6.45, 7) is 11.0. The van der Waals surface area contributed by atoms with Crippen LogP contribution in [0.1, 0.15) is 59.3 Å². The third-order valence-corrected chi connectivity index (χ3v) is 4.70. The van der Waals surface area contributed by atoms with E-state index in [4.69, 9.17) is 0 Å². The maximum atomic E-state index is 10.7. The van der Waals surface area contributed by atoms with Crippen LogP contribution in [-0.2, 0) is 0 Å². The van der Waals surface area contributed by atoms with E-state index >= 15 is 0 Å². The van der Waals surface area contributed by atoms with Crippen LogP contribution in [0.2, 0.25) is 0 Å². The van der Waals surface area contributed by atoms with E-state index in [2.05, 4.69) is 48.3 Å². The molecule has 1 aliphatic rings. The first-order chi connectivity index (χ1) is 11.0. The number of aliphatic imine (C=N–C) groups is 1. The summed E-state index contributed by atoms with van der Waals surface area (Å²) in [5.41, 5.74) is -0.653. The van der Waals surface area contributed by atoms with Crippen molar-refractivity contribution in [3.05, 3.63) is 0 Å². The van der Waals surface area contributed by atoms with E-state index in [9.17, 15) is 5.11 Å². The molecule has 0 bridgehead atoms. The van der Waals surface area contributed by atoms with Crippen molar-refractivity contribution in [2.75, 3.05) is 39.8 Å². The molecule has 5 nitrogen and oxygen atoms in total. The Kier molecular flexibility index (Phi) is 13.1. The van der Waals surface area contributed by atoms with Crippen LogP contribution in [0.25, 0.3) is 0 Å². The first-order valence-corrected chi connectivity index (χ1v) is 9.46. The van der Waals surface area contributed by atoms with Gasteiger partial charge >= 0.3 is 0 Å². The van der Waals surface area contributed by atoms with Gasteiger partial charge in [0.2, 0.25) is 0 Å². The molecule has 0 aromatic carbocycles. The summed E-state index contributed by atoms with van der Waals surface area (Å²) >= 11 is 0. The lowest BCUT2D eigenvalue weighted by Crippen LogP contribution is -2.43. The molecular formula is C18H39IN4O. The minimum atomic E-state index is -0.653. The van der Waals surface area contributed by atoms with Crippen LogP contribution in [0.15, 0.2) is 4.99 Å². The highest BCUT2D eigenvalue weighted by molar-refractivity contribution is 14.0. The van der Waals surface area contributed by atoms with Gasteiger partial charge in [-0.1, -0.05) is 26.7 Å². The Morgan fingerprint density at radius 3 is 2.21 bits per heavy atom. The van der Waals surface area contributed by atoms with E-state index in [1.807, 2.05) is 0 Å². The van der Waals surface area contributed by atoms with Gasteiger partial charge in [0.15, 0.2) is 5.96 Å². The van der Waals surface area contributed by atoms with Crippen LogP contribution in [-0.4, -0.2) is 61.3 Å². The smallest absolute Gasteiger partial charge is 0.191 e. The Bertz CT molecular complexity index is 338. The number of halogens is 1. The number of hydrogen-bond acceptors (Lipinski definition) is 3. The van der Waals surface area contributed by atoms with Gasteiger partial charge < -0.3 is 20.6 Å². The minimum absolute atomic E-state index is 0. The molecule has 0 aliphatic carbocycles. The molecular weight excluding hydrogens is 415 g/mol. The van der Waals surface area contributed by atoms with Gasteiger partial charge in [-0.2, -0.15) is 0 Å². The fraction of sp³-hybridized carbons (Fsp3) is 0.944. The van der Waals surface area contributed by atoms with Gasteiger partial charge in [-0.05, 0) is 58.7 Å². The number of nitrogens with one attached hydrogen (secondary N) is 2. The van der Waals surface area contributed by atoms with E-state index in [-0.39, 0.29) is 24.0 Å². The Balaban J connectivity index is 0.00000529. The zero-order valence-electron chi connectivity index (χ0n) is 16.1. The summed E-state index contributed by atoms with van der Waals surface area (Å²) in [5, 5.41) is 17.5.